The summed E-state index contributed by atoms with van der Waals surface area (Å²) in [6, 6.07) is 61.5. The number of hydrogen-bond acceptors (Lipinski definition) is 1. The molecule has 0 bridgehead atoms. The first-order chi connectivity index (χ1) is 22.7. The number of nitrogens with zero attached hydrogens (tertiary/aromatic N) is 1. The Balaban J connectivity index is 1.27. The molecule has 7 aromatic carbocycles. The van der Waals surface area contributed by atoms with E-state index in [-0.39, 0.29) is 0 Å². The van der Waals surface area contributed by atoms with Gasteiger partial charge in [-0.1, -0.05) is 151 Å². The topological polar surface area (TPSA) is 3.24 Å². The molecule has 8 rings (SSSR count). The SMILES string of the molecule is Cc1ccc(/C=C/c2ccc(N(c3ccccc3)c3ccc4c(c3)-c3ccccc3-c3ccccc3-c3ccccc3-4)cc2)cc1. The number of para-hydroxylation sites is 1. The lowest BCUT2D eigenvalue weighted by molar-refractivity contribution is 1.28. The third-order valence-corrected chi connectivity index (χ3v) is 8.91. The van der Waals surface area contributed by atoms with E-state index in [4.69, 9.17) is 0 Å². The number of hydrogen-bond donors (Lipinski definition) is 0. The summed E-state index contributed by atoms with van der Waals surface area (Å²) in [7, 11) is 0. The Kier molecular flexibility index (Phi) is 7.13. The van der Waals surface area contributed by atoms with E-state index in [0.29, 0.717) is 0 Å². The molecule has 0 saturated heterocycles. The maximum atomic E-state index is 2.37. The first-order valence-electron chi connectivity index (χ1n) is 15.9. The molecule has 1 aliphatic rings. The molecule has 1 nitrogen and oxygen atoms in total. The van der Waals surface area contributed by atoms with E-state index < -0.39 is 0 Å². The van der Waals surface area contributed by atoms with Gasteiger partial charge in [0.15, 0.2) is 0 Å². The van der Waals surface area contributed by atoms with Gasteiger partial charge in [-0.2, -0.15) is 0 Å². The molecule has 46 heavy (non-hydrogen) atoms. The van der Waals surface area contributed by atoms with E-state index >= 15 is 0 Å². The number of fused-ring (bicyclic) bond motifs is 8. The van der Waals surface area contributed by atoms with Gasteiger partial charge in [-0.05, 0) is 99.0 Å². The Morgan fingerprint density at radius 2 is 0.696 bits per heavy atom. The van der Waals surface area contributed by atoms with Crippen molar-refractivity contribution in [3.63, 3.8) is 0 Å². The number of benzene rings is 7. The Morgan fingerprint density at radius 1 is 0.326 bits per heavy atom. The average Bonchev–Trinajstić information content (AvgIpc) is 3.12. The second-order valence-corrected chi connectivity index (χ2v) is 11.9. The molecule has 0 radical (unpaired) electrons. The highest BCUT2D eigenvalue weighted by molar-refractivity contribution is 6.04. The van der Waals surface area contributed by atoms with Gasteiger partial charge in [0.1, 0.15) is 0 Å². The van der Waals surface area contributed by atoms with E-state index in [0.717, 1.165) is 17.1 Å². The predicted molar refractivity (Wildman–Crippen MR) is 197 cm³/mol. The Labute approximate surface area is 271 Å². The Bertz CT molecular complexity index is 2180. The third kappa shape index (κ3) is 5.12. The summed E-state index contributed by atoms with van der Waals surface area (Å²) in [6.45, 7) is 2.12. The van der Waals surface area contributed by atoms with Gasteiger partial charge < -0.3 is 4.90 Å². The molecule has 0 saturated carbocycles. The van der Waals surface area contributed by atoms with Crippen molar-refractivity contribution in [2.45, 2.75) is 6.92 Å². The number of aryl methyl sites for hydroxylation is 1. The maximum absolute atomic E-state index is 2.37. The van der Waals surface area contributed by atoms with Crippen molar-refractivity contribution in [3.8, 4) is 44.5 Å². The predicted octanol–water partition coefficient (Wildman–Crippen LogP) is 12.6. The molecular weight excluding hydrogens is 555 g/mol. The van der Waals surface area contributed by atoms with Crippen LogP contribution in [0.1, 0.15) is 16.7 Å². The van der Waals surface area contributed by atoms with Gasteiger partial charge in [0, 0.05) is 17.1 Å². The molecular formula is C45H33N. The average molecular weight is 588 g/mol. The highest BCUT2D eigenvalue weighted by atomic mass is 15.1. The summed E-state index contributed by atoms with van der Waals surface area (Å²) >= 11 is 0. The van der Waals surface area contributed by atoms with Gasteiger partial charge >= 0.3 is 0 Å². The minimum Gasteiger partial charge on any atom is -0.310 e. The van der Waals surface area contributed by atoms with Gasteiger partial charge in [0.2, 0.25) is 0 Å². The normalized spacial score (nSPS) is 11.5. The lowest BCUT2D eigenvalue weighted by Gasteiger charge is -2.28. The summed E-state index contributed by atoms with van der Waals surface area (Å²) in [5, 5.41) is 0. The first-order valence-corrected chi connectivity index (χ1v) is 15.9. The van der Waals surface area contributed by atoms with E-state index in [1.807, 2.05) is 0 Å². The highest BCUT2D eigenvalue weighted by Crippen LogP contribution is 2.49. The molecule has 0 fully saturated rings. The van der Waals surface area contributed by atoms with Crippen LogP contribution < -0.4 is 4.90 Å². The molecule has 1 aliphatic carbocycles. The van der Waals surface area contributed by atoms with Crippen molar-refractivity contribution in [1.29, 1.82) is 0 Å². The zero-order valence-electron chi connectivity index (χ0n) is 25.8. The monoisotopic (exact) mass is 587 g/mol. The summed E-state index contributed by atoms with van der Waals surface area (Å²) < 4.78 is 0. The third-order valence-electron chi connectivity index (χ3n) is 8.91. The fourth-order valence-corrected chi connectivity index (χ4v) is 6.62. The first kappa shape index (κ1) is 27.6. The van der Waals surface area contributed by atoms with E-state index in [1.165, 1.54) is 61.2 Å². The van der Waals surface area contributed by atoms with Crippen LogP contribution in [0.15, 0.2) is 170 Å². The smallest absolute Gasteiger partial charge is 0.0468 e. The molecule has 0 amide bonds. The van der Waals surface area contributed by atoms with Crippen molar-refractivity contribution in [2.24, 2.45) is 0 Å². The summed E-state index contributed by atoms with van der Waals surface area (Å²) in [6.07, 6.45) is 4.35. The molecule has 0 aromatic heterocycles. The van der Waals surface area contributed by atoms with Crippen LogP contribution >= 0.6 is 0 Å². The van der Waals surface area contributed by atoms with Crippen molar-refractivity contribution in [1.82, 2.24) is 0 Å². The Morgan fingerprint density at radius 3 is 1.20 bits per heavy atom. The molecule has 0 aliphatic heterocycles. The van der Waals surface area contributed by atoms with E-state index in [9.17, 15) is 0 Å². The lowest BCUT2D eigenvalue weighted by atomic mass is 9.81. The summed E-state index contributed by atoms with van der Waals surface area (Å²) in [5.74, 6) is 0. The summed E-state index contributed by atoms with van der Waals surface area (Å²) in [4.78, 5) is 2.36. The fourth-order valence-electron chi connectivity index (χ4n) is 6.62. The largest absolute Gasteiger partial charge is 0.310 e. The molecule has 0 spiro atoms. The van der Waals surface area contributed by atoms with Crippen molar-refractivity contribution in [2.75, 3.05) is 4.90 Å². The van der Waals surface area contributed by atoms with Gasteiger partial charge in [-0.25, -0.2) is 0 Å². The van der Waals surface area contributed by atoms with Gasteiger partial charge in [0.25, 0.3) is 0 Å². The quantitative estimate of drug-likeness (QED) is 0.181. The standard InChI is InChI=1S/C45H33N/c1-32-19-21-33(22-20-32)23-24-34-25-27-36(28-26-34)46(35-11-3-2-4-12-35)37-29-30-44-42-17-8-7-15-40(42)38-13-5-6-14-39(38)41-16-9-10-18-43(41)45(44)31-37/h2-31H,1H3/b24-23+,40-38?,41-39?,44-42?,45-43?. The highest BCUT2D eigenvalue weighted by Gasteiger charge is 2.23. The molecule has 0 atom stereocenters. The lowest BCUT2D eigenvalue weighted by Crippen LogP contribution is -2.10. The molecule has 0 unspecified atom stereocenters. The van der Waals surface area contributed by atoms with Crippen LogP contribution in [-0.2, 0) is 0 Å². The van der Waals surface area contributed by atoms with Gasteiger partial charge in [-0.15, -0.1) is 0 Å². The fraction of sp³-hybridized carbons (Fsp3) is 0.0222. The second-order valence-electron chi connectivity index (χ2n) is 11.9. The van der Waals surface area contributed by atoms with Crippen LogP contribution in [-0.4, -0.2) is 0 Å². The second kappa shape index (κ2) is 11.9. The van der Waals surface area contributed by atoms with Crippen molar-refractivity contribution >= 4 is 29.2 Å². The van der Waals surface area contributed by atoms with Crippen LogP contribution in [0.5, 0.6) is 0 Å². The van der Waals surface area contributed by atoms with Crippen LogP contribution in [0, 0.1) is 6.92 Å². The van der Waals surface area contributed by atoms with E-state index in [2.05, 4.69) is 194 Å². The van der Waals surface area contributed by atoms with Crippen LogP contribution in [0.25, 0.3) is 56.7 Å². The molecule has 0 heterocycles. The van der Waals surface area contributed by atoms with Gasteiger partial charge in [0.05, 0.1) is 0 Å². The van der Waals surface area contributed by atoms with Gasteiger partial charge in [-0.3, -0.25) is 0 Å². The van der Waals surface area contributed by atoms with E-state index in [1.54, 1.807) is 0 Å². The minimum atomic E-state index is 1.11. The molecule has 7 aromatic rings. The summed E-state index contributed by atoms with van der Waals surface area (Å²) in [5.41, 5.74) is 17.0. The number of anilines is 3. The maximum Gasteiger partial charge on any atom is 0.0468 e. The van der Waals surface area contributed by atoms with Crippen LogP contribution in [0.4, 0.5) is 17.1 Å². The molecule has 218 valence electrons. The Hall–Kier alpha value is -5.92. The molecule has 0 N–H and O–H groups in total. The van der Waals surface area contributed by atoms with Crippen molar-refractivity contribution in [3.05, 3.63) is 187 Å². The van der Waals surface area contributed by atoms with Crippen molar-refractivity contribution < 1.29 is 0 Å². The van der Waals surface area contributed by atoms with Crippen LogP contribution in [0.3, 0.4) is 0 Å². The zero-order chi connectivity index (χ0) is 30.9. The minimum absolute atomic E-state index is 1.11. The van der Waals surface area contributed by atoms with Crippen LogP contribution in [0.2, 0.25) is 0 Å². The number of rotatable bonds is 5. The zero-order valence-corrected chi connectivity index (χ0v) is 25.8. The molecule has 1 heteroatoms.